The SMILES string of the molecule is CC(C)NCCCN(CCC(=O)NCC[N+](C)(C)C)CCC(=O)NCC[N+](C)(C)C. The zero-order chi connectivity index (χ0) is 23.2. The second-order valence-electron chi connectivity index (χ2n) is 10.5. The fourth-order valence-corrected chi connectivity index (χ4v) is 2.79. The van der Waals surface area contributed by atoms with Crippen molar-refractivity contribution in [3.8, 4) is 0 Å². The summed E-state index contributed by atoms with van der Waals surface area (Å²) in [6.07, 6.45) is 1.94. The highest BCUT2D eigenvalue weighted by molar-refractivity contribution is 5.76. The average molecular weight is 431 g/mol. The van der Waals surface area contributed by atoms with Gasteiger partial charge in [0.1, 0.15) is 0 Å². The molecular weight excluding hydrogens is 380 g/mol. The third kappa shape index (κ3) is 20.1. The normalized spacial score (nSPS) is 12.5. The molecular formula is C22H50N6O2+2. The second kappa shape index (κ2) is 14.7. The second-order valence-corrected chi connectivity index (χ2v) is 10.5. The van der Waals surface area contributed by atoms with Crippen molar-refractivity contribution in [2.45, 2.75) is 39.2 Å². The molecule has 0 unspecified atom stereocenters. The highest BCUT2D eigenvalue weighted by Gasteiger charge is 2.13. The number of likely N-dealkylation sites (N-methyl/N-ethyl adjacent to an activating group) is 2. The van der Waals surface area contributed by atoms with Crippen LogP contribution in [0, 0.1) is 0 Å². The highest BCUT2D eigenvalue weighted by atomic mass is 16.2. The summed E-state index contributed by atoms with van der Waals surface area (Å²) >= 11 is 0. The van der Waals surface area contributed by atoms with E-state index in [1.165, 1.54) is 0 Å². The van der Waals surface area contributed by atoms with Crippen molar-refractivity contribution in [2.75, 3.05) is 94.6 Å². The molecule has 30 heavy (non-hydrogen) atoms. The predicted molar refractivity (Wildman–Crippen MR) is 125 cm³/mol. The summed E-state index contributed by atoms with van der Waals surface area (Å²) in [7, 11) is 12.7. The lowest BCUT2D eigenvalue weighted by atomic mass is 10.2. The Morgan fingerprint density at radius 2 is 1.17 bits per heavy atom. The van der Waals surface area contributed by atoms with E-state index in [0.29, 0.717) is 45.1 Å². The summed E-state index contributed by atoms with van der Waals surface area (Å²) < 4.78 is 1.66. The van der Waals surface area contributed by atoms with Crippen molar-refractivity contribution in [2.24, 2.45) is 0 Å². The van der Waals surface area contributed by atoms with E-state index < -0.39 is 0 Å². The summed E-state index contributed by atoms with van der Waals surface area (Å²) in [4.78, 5) is 26.6. The third-order valence-corrected chi connectivity index (χ3v) is 4.72. The zero-order valence-corrected chi connectivity index (χ0v) is 21.0. The van der Waals surface area contributed by atoms with E-state index >= 15 is 0 Å². The minimum Gasteiger partial charge on any atom is -0.350 e. The quantitative estimate of drug-likeness (QED) is 0.226. The van der Waals surface area contributed by atoms with Crippen LogP contribution in [0.15, 0.2) is 0 Å². The molecule has 8 heteroatoms. The molecule has 0 fully saturated rings. The van der Waals surface area contributed by atoms with E-state index in [9.17, 15) is 9.59 Å². The summed E-state index contributed by atoms with van der Waals surface area (Å²) in [6.45, 7) is 10.7. The van der Waals surface area contributed by atoms with Gasteiger partial charge >= 0.3 is 0 Å². The smallest absolute Gasteiger partial charge is 0.221 e. The van der Waals surface area contributed by atoms with Crippen molar-refractivity contribution in [1.82, 2.24) is 20.9 Å². The lowest BCUT2D eigenvalue weighted by molar-refractivity contribution is -0.869. The van der Waals surface area contributed by atoms with Crippen LogP contribution in [0.5, 0.6) is 0 Å². The minimum absolute atomic E-state index is 0.0844. The lowest BCUT2D eigenvalue weighted by Crippen LogP contribution is -2.43. The van der Waals surface area contributed by atoms with Crippen molar-refractivity contribution in [1.29, 1.82) is 0 Å². The van der Waals surface area contributed by atoms with E-state index in [-0.39, 0.29) is 11.8 Å². The van der Waals surface area contributed by atoms with Crippen molar-refractivity contribution < 1.29 is 18.6 Å². The number of nitrogens with zero attached hydrogens (tertiary/aromatic N) is 3. The molecule has 0 aliphatic rings. The van der Waals surface area contributed by atoms with E-state index in [2.05, 4.69) is 77.0 Å². The van der Waals surface area contributed by atoms with Gasteiger partial charge in [-0.2, -0.15) is 0 Å². The first kappa shape index (κ1) is 28.8. The van der Waals surface area contributed by atoms with Gasteiger partial charge in [-0.3, -0.25) is 9.59 Å². The van der Waals surface area contributed by atoms with Crippen molar-refractivity contribution in [3.63, 3.8) is 0 Å². The van der Waals surface area contributed by atoms with Gasteiger partial charge in [0, 0.05) is 32.0 Å². The molecule has 0 radical (unpaired) electrons. The number of amides is 2. The average Bonchev–Trinajstić information content (AvgIpc) is 2.57. The van der Waals surface area contributed by atoms with Gasteiger partial charge in [-0.05, 0) is 19.5 Å². The molecule has 0 heterocycles. The maximum absolute atomic E-state index is 12.2. The number of quaternary nitrogens is 2. The molecule has 0 saturated heterocycles. The first-order valence-corrected chi connectivity index (χ1v) is 11.4. The Kier molecular flexibility index (Phi) is 14.1. The number of rotatable bonds is 17. The molecule has 0 aromatic rings. The summed E-state index contributed by atoms with van der Waals surface area (Å²) in [5.41, 5.74) is 0. The lowest BCUT2D eigenvalue weighted by Gasteiger charge is -2.25. The summed E-state index contributed by atoms with van der Waals surface area (Å²) in [5, 5.41) is 9.44. The van der Waals surface area contributed by atoms with E-state index in [4.69, 9.17) is 0 Å². The third-order valence-electron chi connectivity index (χ3n) is 4.72. The Balaban J connectivity index is 4.35. The summed E-state index contributed by atoms with van der Waals surface area (Å²) in [5.74, 6) is 0.169. The molecule has 0 aliphatic carbocycles. The Morgan fingerprint density at radius 3 is 1.53 bits per heavy atom. The maximum atomic E-state index is 12.2. The highest BCUT2D eigenvalue weighted by Crippen LogP contribution is 1.98. The fourth-order valence-electron chi connectivity index (χ4n) is 2.79. The number of carbonyl (C=O) groups excluding carboxylic acids is 2. The van der Waals surface area contributed by atoms with Crippen LogP contribution in [0.25, 0.3) is 0 Å². The Bertz CT molecular complexity index is 447. The van der Waals surface area contributed by atoms with Crippen LogP contribution < -0.4 is 16.0 Å². The molecule has 0 bridgehead atoms. The molecule has 0 rings (SSSR count). The van der Waals surface area contributed by atoms with Gasteiger partial charge in [-0.15, -0.1) is 0 Å². The molecule has 8 nitrogen and oxygen atoms in total. The van der Waals surface area contributed by atoms with Crippen LogP contribution >= 0.6 is 0 Å². The van der Waals surface area contributed by atoms with Crippen molar-refractivity contribution >= 4 is 11.8 Å². The van der Waals surface area contributed by atoms with Gasteiger partial charge in [-0.1, -0.05) is 13.8 Å². The van der Waals surface area contributed by atoms with Gasteiger partial charge in [0.15, 0.2) is 0 Å². The molecule has 0 saturated carbocycles. The molecule has 3 N–H and O–H groups in total. The number of carbonyl (C=O) groups is 2. The minimum atomic E-state index is 0.0844. The molecule has 0 aliphatic heterocycles. The van der Waals surface area contributed by atoms with Crippen LogP contribution in [0.3, 0.4) is 0 Å². The van der Waals surface area contributed by atoms with Crippen LogP contribution in [0.4, 0.5) is 0 Å². The molecule has 0 atom stereocenters. The summed E-state index contributed by atoms with van der Waals surface area (Å²) in [6, 6.07) is 0.470. The molecule has 0 aromatic carbocycles. The maximum Gasteiger partial charge on any atom is 0.221 e. The van der Waals surface area contributed by atoms with Gasteiger partial charge in [0.2, 0.25) is 11.8 Å². The van der Waals surface area contributed by atoms with Crippen LogP contribution in [-0.2, 0) is 9.59 Å². The first-order chi connectivity index (χ1) is 13.8. The van der Waals surface area contributed by atoms with Gasteiger partial charge < -0.3 is 29.8 Å². The zero-order valence-electron chi connectivity index (χ0n) is 21.0. The molecule has 0 spiro atoms. The Hall–Kier alpha value is -1.22. The standard InChI is InChI=1S/C22H48N6O2/c1-20(2)23-12-9-15-26(16-10-21(29)24-13-18-27(3,4)5)17-11-22(30)25-14-19-28(6,7)8/h20,23H,9-19H2,1-8H3/p+2. The topological polar surface area (TPSA) is 73.5 Å². The van der Waals surface area contributed by atoms with Gasteiger partial charge in [0.25, 0.3) is 0 Å². The number of hydrogen-bond donors (Lipinski definition) is 3. The monoisotopic (exact) mass is 430 g/mol. The molecule has 178 valence electrons. The van der Waals surface area contributed by atoms with Crippen molar-refractivity contribution in [3.05, 3.63) is 0 Å². The van der Waals surface area contributed by atoms with E-state index in [1.54, 1.807) is 0 Å². The number of hydrogen-bond acceptors (Lipinski definition) is 4. The predicted octanol–water partition coefficient (Wildman–Crippen LogP) is 0.102. The van der Waals surface area contributed by atoms with E-state index in [1.807, 2.05) is 0 Å². The largest absolute Gasteiger partial charge is 0.350 e. The number of nitrogens with one attached hydrogen (secondary N) is 3. The first-order valence-electron chi connectivity index (χ1n) is 11.4. The molecule has 2 amide bonds. The van der Waals surface area contributed by atoms with Gasteiger partial charge in [-0.25, -0.2) is 0 Å². The fraction of sp³-hybridized carbons (Fsp3) is 0.909. The molecule has 0 aromatic heterocycles. The van der Waals surface area contributed by atoms with E-state index in [0.717, 1.165) is 41.6 Å². The Labute approximate surface area is 185 Å². The van der Waals surface area contributed by atoms with Crippen LogP contribution in [-0.4, -0.2) is 126 Å². The van der Waals surface area contributed by atoms with Crippen LogP contribution in [0.2, 0.25) is 0 Å². The Morgan fingerprint density at radius 1 is 0.733 bits per heavy atom. The van der Waals surface area contributed by atoms with Crippen LogP contribution in [0.1, 0.15) is 33.1 Å². The van der Waals surface area contributed by atoms with Gasteiger partial charge in [0.05, 0.1) is 68.5 Å².